The van der Waals surface area contributed by atoms with Crippen molar-refractivity contribution in [2.75, 3.05) is 44.0 Å². The molecule has 0 aromatic heterocycles. The first-order valence-corrected chi connectivity index (χ1v) is 6.16. The van der Waals surface area contributed by atoms with Gasteiger partial charge in [-0.2, -0.15) is 0 Å². The lowest BCUT2D eigenvalue weighted by Gasteiger charge is -2.21. The standard InChI is InChI=1S/C13H18F2N2O2/c1-18-6-7-19-10-2-3-11(16)12(8-10)17-5-4-13(14,15)9-17/h2-3,8H,4-7,9,16H2,1H3. The molecule has 2 rings (SSSR count). The molecule has 1 heterocycles. The third-order valence-electron chi connectivity index (χ3n) is 3.07. The van der Waals surface area contributed by atoms with Crippen LogP contribution in [-0.4, -0.2) is 39.3 Å². The van der Waals surface area contributed by atoms with Crippen LogP contribution in [0.3, 0.4) is 0 Å². The van der Waals surface area contributed by atoms with Gasteiger partial charge in [-0.1, -0.05) is 0 Å². The maximum absolute atomic E-state index is 13.2. The maximum Gasteiger partial charge on any atom is 0.266 e. The minimum atomic E-state index is -2.64. The van der Waals surface area contributed by atoms with Crippen LogP contribution in [0.2, 0.25) is 0 Å². The molecular formula is C13H18F2N2O2. The van der Waals surface area contributed by atoms with E-state index in [9.17, 15) is 8.78 Å². The Kier molecular flexibility index (Phi) is 4.09. The first-order valence-electron chi connectivity index (χ1n) is 6.16. The number of methoxy groups -OCH3 is 1. The highest BCUT2D eigenvalue weighted by Gasteiger charge is 2.38. The Hall–Kier alpha value is -1.56. The molecule has 0 aliphatic carbocycles. The molecule has 19 heavy (non-hydrogen) atoms. The fourth-order valence-electron chi connectivity index (χ4n) is 2.07. The summed E-state index contributed by atoms with van der Waals surface area (Å²) < 4.78 is 36.8. The number of alkyl halides is 2. The van der Waals surface area contributed by atoms with Gasteiger partial charge in [0.15, 0.2) is 0 Å². The lowest BCUT2D eigenvalue weighted by Crippen LogP contribution is -2.25. The van der Waals surface area contributed by atoms with E-state index in [1.54, 1.807) is 30.2 Å². The number of nitrogens with zero attached hydrogens (tertiary/aromatic N) is 1. The van der Waals surface area contributed by atoms with Crippen molar-refractivity contribution in [1.82, 2.24) is 0 Å². The molecule has 0 amide bonds. The molecule has 0 saturated carbocycles. The van der Waals surface area contributed by atoms with Gasteiger partial charge in [0.25, 0.3) is 5.92 Å². The number of hydrogen-bond acceptors (Lipinski definition) is 4. The van der Waals surface area contributed by atoms with E-state index in [1.165, 1.54) is 0 Å². The second-order valence-corrected chi connectivity index (χ2v) is 4.59. The number of anilines is 2. The lowest BCUT2D eigenvalue weighted by atomic mass is 10.2. The average Bonchev–Trinajstić information content (AvgIpc) is 2.72. The molecule has 1 aliphatic rings. The number of nitrogens with two attached hydrogens (primary N) is 1. The number of nitrogen functional groups attached to an aromatic ring is 1. The topological polar surface area (TPSA) is 47.7 Å². The van der Waals surface area contributed by atoms with Gasteiger partial charge >= 0.3 is 0 Å². The first-order chi connectivity index (χ1) is 9.02. The van der Waals surface area contributed by atoms with Crippen LogP contribution in [0.15, 0.2) is 18.2 Å². The van der Waals surface area contributed by atoms with Crippen LogP contribution < -0.4 is 15.4 Å². The molecule has 0 bridgehead atoms. The molecule has 4 nitrogen and oxygen atoms in total. The normalized spacial score (nSPS) is 17.7. The van der Waals surface area contributed by atoms with Crippen molar-refractivity contribution in [2.45, 2.75) is 12.3 Å². The number of hydrogen-bond donors (Lipinski definition) is 1. The Labute approximate surface area is 111 Å². The summed E-state index contributed by atoms with van der Waals surface area (Å²) in [6, 6.07) is 5.10. The van der Waals surface area contributed by atoms with E-state index in [2.05, 4.69) is 0 Å². The molecule has 1 aromatic carbocycles. The van der Waals surface area contributed by atoms with E-state index in [0.29, 0.717) is 36.9 Å². The van der Waals surface area contributed by atoms with E-state index < -0.39 is 5.92 Å². The van der Waals surface area contributed by atoms with E-state index in [4.69, 9.17) is 15.2 Å². The van der Waals surface area contributed by atoms with Crippen molar-refractivity contribution < 1.29 is 18.3 Å². The van der Waals surface area contributed by atoms with E-state index in [1.807, 2.05) is 0 Å². The van der Waals surface area contributed by atoms with Crippen molar-refractivity contribution in [3.63, 3.8) is 0 Å². The van der Waals surface area contributed by atoms with Gasteiger partial charge in [0.2, 0.25) is 0 Å². The molecule has 1 aromatic rings. The fraction of sp³-hybridized carbons (Fsp3) is 0.538. The quantitative estimate of drug-likeness (QED) is 0.659. The van der Waals surface area contributed by atoms with E-state index in [0.717, 1.165) is 0 Å². The molecule has 106 valence electrons. The SMILES string of the molecule is COCCOc1ccc(N)c(N2CCC(F)(F)C2)c1. The number of benzene rings is 1. The van der Waals surface area contributed by atoms with Crippen molar-refractivity contribution in [3.05, 3.63) is 18.2 Å². The zero-order valence-corrected chi connectivity index (χ0v) is 10.9. The first kappa shape index (κ1) is 13.9. The Morgan fingerprint density at radius 1 is 1.37 bits per heavy atom. The Morgan fingerprint density at radius 2 is 2.16 bits per heavy atom. The van der Waals surface area contributed by atoms with Gasteiger partial charge < -0.3 is 20.1 Å². The smallest absolute Gasteiger partial charge is 0.266 e. The Morgan fingerprint density at radius 3 is 2.79 bits per heavy atom. The predicted octanol–water partition coefficient (Wildman–Crippen LogP) is 2.14. The summed E-state index contributed by atoms with van der Waals surface area (Å²) in [5.41, 5.74) is 6.93. The summed E-state index contributed by atoms with van der Waals surface area (Å²) in [5, 5.41) is 0. The predicted molar refractivity (Wildman–Crippen MR) is 70.0 cm³/mol. The third-order valence-corrected chi connectivity index (χ3v) is 3.07. The van der Waals surface area contributed by atoms with Crippen LogP contribution in [0.4, 0.5) is 20.2 Å². The Balaban J connectivity index is 2.09. The number of rotatable bonds is 5. The summed E-state index contributed by atoms with van der Waals surface area (Å²) in [4.78, 5) is 1.60. The minimum Gasteiger partial charge on any atom is -0.491 e. The summed E-state index contributed by atoms with van der Waals surface area (Å²) in [6.45, 7) is 0.898. The molecule has 1 aliphatic heterocycles. The molecule has 6 heteroatoms. The number of ether oxygens (including phenoxy) is 2. The molecule has 0 spiro atoms. The minimum absolute atomic E-state index is 0.138. The molecule has 2 N–H and O–H groups in total. The molecule has 0 radical (unpaired) electrons. The lowest BCUT2D eigenvalue weighted by molar-refractivity contribution is 0.0257. The summed E-state index contributed by atoms with van der Waals surface area (Å²) in [7, 11) is 1.59. The molecule has 1 fully saturated rings. The van der Waals surface area contributed by atoms with Gasteiger partial charge in [0.1, 0.15) is 12.4 Å². The summed E-state index contributed by atoms with van der Waals surface area (Å²) >= 11 is 0. The van der Waals surface area contributed by atoms with Gasteiger partial charge in [-0.15, -0.1) is 0 Å². The molecular weight excluding hydrogens is 254 g/mol. The largest absolute Gasteiger partial charge is 0.491 e. The van der Waals surface area contributed by atoms with Crippen LogP contribution >= 0.6 is 0 Å². The van der Waals surface area contributed by atoms with Crippen LogP contribution in [-0.2, 0) is 4.74 Å². The van der Waals surface area contributed by atoms with Gasteiger partial charge in [-0.05, 0) is 12.1 Å². The van der Waals surface area contributed by atoms with Crippen molar-refractivity contribution in [2.24, 2.45) is 0 Å². The second kappa shape index (κ2) is 5.61. The molecule has 0 atom stereocenters. The highest BCUT2D eigenvalue weighted by molar-refractivity contribution is 5.70. The number of halogens is 2. The molecule has 1 saturated heterocycles. The van der Waals surface area contributed by atoms with E-state index in [-0.39, 0.29) is 13.0 Å². The van der Waals surface area contributed by atoms with Crippen LogP contribution in [0.5, 0.6) is 5.75 Å². The maximum atomic E-state index is 13.2. The average molecular weight is 272 g/mol. The van der Waals surface area contributed by atoms with Gasteiger partial charge in [0, 0.05) is 26.1 Å². The fourth-order valence-corrected chi connectivity index (χ4v) is 2.07. The van der Waals surface area contributed by atoms with Crippen molar-refractivity contribution in [3.8, 4) is 5.75 Å². The molecule has 0 unspecified atom stereocenters. The van der Waals surface area contributed by atoms with Crippen molar-refractivity contribution in [1.29, 1.82) is 0 Å². The van der Waals surface area contributed by atoms with Gasteiger partial charge in [-0.25, -0.2) is 8.78 Å². The van der Waals surface area contributed by atoms with Crippen LogP contribution in [0.25, 0.3) is 0 Å². The zero-order valence-electron chi connectivity index (χ0n) is 10.9. The van der Waals surface area contributed by atoms with Gasteiger partial charge in [-0.3, -0.25) is 0 Å². The van der Waals surface area contributed by atoms with Crippen LogP contribution in [0, 0.1) is 0 Å². The summed E-state index contributed by atoms with van der Waals surface area (Å²) in [5.74, 6) is -2.03. The van der Waals surface area contributed by atoms with Crippen molar-refractivity contribution >= 4 is 11.4 Å². The second-order valence-electron chi connectivity index (χ2n) is 4.59. The van der Waals surface area contributed by atoms with Crippen LogP contribution in [0.1, 0.15) is 6.42 Å². The highest BCUT2D eigenvalue weighted by Crippen LogP contribution is 2.35. The Bertz CT molecular complexity index is 441. The van der Waals surface area contributed by atoms with Gasteiger partial charge in [0.05, 0.1) is 24.5 Å². The highest BCUT2D eigenvalue weighted by atomic mass is 19.3. The summed E-state index contributed by atoms with van der Waals surface area (Å²) in [6.07, 6.45) is -0.138. The van der Waals surface area contributed by atoms with E-state index >= 15 is 0 Å². The monoisotopic (exact) mass is 272 g/mol. The zero-order chi connectivity index (χ0) is 13.9. The third kappa shape index (κ3) is 3.47.